The number of benzene rings is 2. The summed E-state index contributed by atoms with van der Waals surface area (Å²) >= 11 is 0. The van der Waals surface area contributed by atoms with Crippen molar-refractivity contribution >= 4 is 10.0 Å². The van der Waals surface area contributed by atoms with Crippen LogP contribution in [0.2, 0.25) is 0 Å². The third-order valence-corrected chi connectivity index (χ3v) is 5.12. The first-order valence-corrected chi connectivity index (χ1v) is 8.09. The maximum Gasteiger partial charge on any atom is 0.243 e. The summed E-state index contributed by atoms with van der Waals surface area (Å²) in [5.41, 5.74) is 2.74. The van der Waals surface area contributed by atoms with Crippen molar-refractivity contribution in [2.24, 2.45) is 0 Å². The molecule has 0 aliphatic rings. The molecule has 0 atom stereocenters. The van der Waals surface area contributed by atoms with Crippen LogP contribution in [0.5, 0.6) is 0 Å². The number of hydrogen-bond donors (Lipinski definition) is 1. The van der Waals surface area contributed by atoms with Gasteiger partial charge in [0.1, 0.15) is 0 Å². The highest BCUT2D eigenvalue weighted by atomic mass is 32.2. The number of aliphatic hydroxyl groups excluding tert-OH is 1. The minimum absolute atomic E-state index is 0.0978. The summed E-state index contributed by atoms with van der Waals surface area (Å²) in [5.74, 6) is 0. The van der Waals surface area contributed by atoms with E-state index in [0.717, 1.165) is 11.1 Å². The highest BCUT2D eigenvalue weighted by Gasteiger charge is 2.20. The molecule has 0 aliphatic carbocycles. The fraction of sp³-hybridized carbons (Fsp3) is 0.250. The van der Waals surface area contributed by atoms with Gasteiger partial charge in [0.15, 0.2) is 0 Å². The van der Waals surface area contributed by atoms with Gasteiger partial charge in [0.25, 0.3) is 0 Å². The van der Waals surface area contributed by atoms with Crippen LogP contribution in [-0.4, -0.2) is 24.9 Å². The van der Waals surface area contributed by atoms with Gasteiger partial charge in [-0.2, -0.15) is 4.31 Å². The van der Waals surface area contributed by atoms with E-state index in [4.69, 9.17) is 5.11 Å². The van der Waals surface area contributed by atoms with E-state index >= 15 is 0 Å². The lowest BCUT2D eigenvalue weighted by Gasteiger charge is -2.17. The SMILES string of the molecule is Cc1cccc(CN(C)S(=O)(=O)c2ccc(CO)cc2)c1. The van der Waals surface area contributed by atoms with E-state index in [1.165, 1.54) is 16.4 Å². The van der Waals surface area contributed by atoms with Crippen molar-refractivity contribution in [3.63, 3.8) is 0 Å². The summed E-state index contributed by atoms with van der Waals surface area (Å²) < 4.78 is 26.3. The Kier molecular flexibility index (Phi) is 4.77. The van der Waals surface area contributed by atoms with Gasteiger partial charge in [-0.3, -0.25) is 0 Å². The summed E-state index contributed by atoms with van der Waals surface area (Å²) in [4.78, 5) is 0.231. The molecule has 0 spiro atoms. The van der Waals surface area contributed by atoms with Crippen LogP contribution in [0.3, 0.4) is 0 Å². The van der Waals surface area contributed by atoms with Gasteiger partial charge < -0.3 is 5.11 Å². The van der Waals surface area contributed by atoms with Crippen LogP contribution in [0.1, 0.15) is 16.7 Å². The predicted molar refractivity (Wildman–Crippen MR) is 82.2 cm³/mol. The molecule has 0 amide bonds. The molecule has 112 valence electrons. The zero-order chi connectivity index (χ0) is 15.5. The Morgan fingerprint density at radius 2 is 1.71 bits per heavy atom. The van der Waals surface area contributed by atoms with E-state index in [-0.39, 0.29) is 11.5 Å². The fourth-order valence-electron chi connectivity index (χ4n) is 2.10. The largest absolute Gasteiger partial charge is 0.392 e. The van der Waals surface area contributed by atoms with Gasteiger partial charge in [-0.25, -0.2) is 8.42 Å². The van der Waals surface area contributed by atoms with Crippen molar-refractivity contribution in [3.05, 3.63) is 65.2 Å². The second-order valence-electron chi connectivity index (χ2n) is 5.05. The Bertz CT molecular complexity index is 709. The molecule has 5 heteroatoms. The normalized spacial score (nSPS) is 11.8. The summed E-state index contributed by atoms with van der Waals surface area (Å²) in [7, 11) is -1.96. The van der Waals surface area contributed by atoms with Crippen molar-refractivity contribution in [1.82, 2.24) is 4.31 Å². The van der Waals surface area contributed by atoms with Crippen molar-refractivity contribution in [2.75, 3.05) is 7.05 Å². The second kappa shape index (κ2) is 6.39. The highest BCUT2D eigenvalue weighted by Crippen LogP contribution is 2.18. The lowest BCUT2D eigenvalue weighted by Crippen LogP contribution is -2.26. The van der Waals surface area contributed by atoms with Crippen molar-refractivity contribution in [1.29, 1.82) is 0 Å². The quantitative estimate of drug-likeness (QED) is 0.922. The Labute approximate surface area is 125 Å². The zero-order valence-corrected chi connectivity index (χ0v) is 13.0. The number of rotatable bonds is 5. The molecule has 0 heterocycles. The van der Waals surface area contributed by atoms with Crippen LogP contribution in [0, 0.1) is 6.92 Å². The molecule has 0 saturated heterocycles. The molecule has 0 bridgehead atoms. The summed E-state index contributed by atoms with van der Waals surface area (Å²) in [5, 5.41) is 9.00. The molecule has 1 N–H and O–H groups in total. The Morgan fingerprint density at radius 3 is 2.29 bits per heavy atom. The van der Waals surface area contributed by atoms with Crippen molar-refractivity contribution in [3.8, 4) is 0 Å². The van der Waals surface area contributed by atoms with Crippen LogP contribution >= 0.6 is 0 Å². The minimum atomic E-state index is -3.52. The predicted octanol–water partition coefficient (Wildman–Crippen LogP) is 2.31. The van der Waals surface area contributed by atoms with Gasteiger partial charge in [0.2, 0.25) is 10.0 Å². The van der Waals surface area contributed by atoms with Gasteiger partial charge in [-0.15, -0.1) is 0 Å². The van der Waals surface area contributed by atoms with Gasteiger partial charge in [0, 0.05) is 13.6 Å². The first kappa shape index (κ1) is 15.7. The highest BCUT2D eigenvalue weighted by molar-refractivity contribution is 7.89. The van der Waals surface area contributed by atoms with Crippen LogP contribution in [-0.2, 0) is 23.2 Å². The molecule has 4 nitrogen and oxygen atoms in total. The van der Waals surface area contributed by atoms with Crippen LogP contribution in [0.15, 0.2) is 53.4 Å². The number of sulfonamides is 1. The molecule has 2 aromatic carbocycles. The van der Waals surface area contributed by atoms with Crippen molar-refractivity contribution < 1.29 is 13.5 Å². The molecule has 0 fully saturated rings. The Morgan fingerprint density at radius 1 is 1.05 bits per heavy atom. The summed E-state index contributed by atoms with van der Waals surface area (Å²) in [6.45, 7) is 2.21. The van der Waals surface area contributed by atoms with E-state index in [2.05, 4.69) is 0 Å². The molecule has 0 radical (unpaired) electrons. The molecule has 0 aromatic heterocycles. The minimum Gasteiger partial charge on any atom is -0.392 e. The van der Waals surface area contributed by atoms with Gasteiger partial charge >= 0.3 is 0 Å². The molecular formula is C16H19NO3S. The Balaban J connectivity index is 2.21. The third-order valence-electron chi connectivity index (χ3n) is 3.30. The zero-order valence-electron chi connectivity index (χ0n) is 12.2. The number of aliphatic hydroxyl groups is 1. The topological polar surface area (TPSA) is 57.6 Å². The summed E-state index contributed by atoms with van der Waals surface area (Å²) in [6.07, 6.45) is 0. The third kappa shape index (κ3) is 3.69. The monoisotopic (exact) mass is 305 g/mol. The Hall–Kier alpha value is -1.69. The van der Waals surface area contributed by atoms with Gasteiger partial charge in [0.05, 0.1) is 11.5 Å². The van der Waals surface area contributed by atoms with Crippen LogP contribution < -0.4 is 0 Å². The fourth-order valence-corrected chi connectivity index (χ4v) is 3.26. The standard InChI is InChI=1S/C16H19NO3S/c1-13-4-3-5-15(10-13)11-17(2)21(19,20)16-8-6-14(12-18)7-9-16/h3-10,18H,11-12H2,1-2H3. The molecular weight excluding hydrogens is 286 g/mol. The maximum absolute atomic E-state index is 12.5. The average Bonchev–Trinajstić information content (AvgIpc) is 2.47. The van der Waals surface area contributed by atoms with E-state index < -0.39 is 10.0 Å². The molecule has 0 unspecified atom stereocenters. The van der Waals surface area contributed by atoms with E-state index in [1.807, 2.05) is 31.2 Å². The number of nitrogens with zero attached hydrogens (tertiary/aromatic N) is 1. The van der Waals surface area contributed by atoms with Crippen LogP contribution in [0.25, 0.3) is 0 Å². The smallest absolute Gasteiger partial charge is 0.243 e. The van der Waals surface area contributed by atoms with Crippen molar-refractivity contribution in [2.45, 2.75) is 25.0 Å². The maximum atomic E-state index is 12.5. The first-order valence-electron chi connectivity index (χ1n) is 6.65. The molecule has 2 rings (SSSR count). The molecule has 0 aliphatic heterocycles. The lowest BCUT2D eigenvalue weighted by atomic mass is 10.1. The lowest BCUT2D eigenvalue weighted by molar-refractivity contribution is 0.281. The van der Waals surface area contributed by atoms with Gasteiger partial charge in [-0.1, -0.05) is 42.0 Å². The molecule has 0 saturated carbocycles. The number of hydrogen-bond acceptors (Lipinski definition) is 3. The van der Waals surface area contributed by atoms with Gasteiger partial charge in [-0.05, 0) is 30.2 Å². The molecule has 2 aromatic rings. The van der Waals surface area contributed by atoms with Crippen LogP contribution in [0.4, 0.5) is 0 Å². The average molecular weight is 305 g/mol. The number of aryl methyl sites for hydroxylation is 1. The first-order chi connectivity index (χ1) is 9.93. The van der Waals surface area contributed by atoms with E-state index in [9.17, 15) is 8.42 Å². The van der Waals surface area contributed by atoms with E-state index in [0.29, 0.717) is 12.1 Å². The second-order valence-corrected chi connectivity index (χ2v) is 7.10. The molecule has 21 heavy (non-hydrogen) atoms. The van der Waals surface area contributed by atoms with E-state index in [1.54, 1.807) is 19.2 Å². The summed E-state index contributed by atoms with van der Waals surface area (Å²) in [6, 6.07) is 14.1.